The minimum absolute atomic E-state index is 0.216. The lowest BCUT2D eigenvalue weighted by Crippen LogP contribution is -2.39. The Morgan fingerprint density at radius 2 is 1.79 bits per heavy atom. The summed E-state index contributed by atoms with van der Waals surface area (Å²) in [6.45, 7) is 16.2. The maximum Gasteiger partial charge on any atom is 0.337 e. The molecule has 1 aliphatic heterocycles. The quantitative estimate of drug-likeness (QED) is 0.253. The summed E-state index contributed by atoms with van der Waals surface area (Å²) in [5.74, 6) is -0.628. The largest absolute Gasteiger partial charge is 0.491 e. The lowest BCUT2D eigenvalue weighted by atomic mass is 9.82. The number of carboxylic acids is 1. The van der Waals surface area contributed by atoms with Gasteiger partial charge in [-0.25, -0.2) is 9.18 Å². The third-order valence-electron chi connectivity index (χ3n) is 8.40. The lowest BCUT2D eigenvalue weighted by molar-refractivity contribution is -0.162. The normalized spacial score (nSPS) is 15.9. The molecule has 1 aromatic carbocycles. The van der Waals surface area contributed by atoms with E-state index < -0.39 is 17.7 Å². The van der Waals surface area contributed by atoms with Crippen molar-refractivity contribution < 1.29 is 23.8 Å². The van der Waals surface area contributed by atoms with E-state index in [0.29, 0.717) is 42.1 Å². The number of nitrogens with zero attached hydrogens (tertiary/aromatic N) is 3. The molecule has 226 valence electrons. The maximum absolute atomic E-state index is 13.2. The number of piperidine rings is 1. The molecule has 0 bridgehead atoms. The Hall–Kier alpha value is -3.52. The number of halogens is 1. The van der Waals surface area contributed by atoms with E-state index in [4.69, 9.17) is 14.5 Å². The predicted octanol–water partition coefficient (Wildman–Crippen LogP) is 7.48. The second-order valence-corrected chi connectivity index (χ2v) is 12.7. The minimum atomic E-state index is -1.17. The van der Waals surface area contributed by atoms with Crippen molar-refractivity contribution in [2.75, 3.05) is 24.6 Å². The van der Waals surface area contributed by atoms with Crippen molar-refractivity contribution in [1.29, 1.82) is 0 Å². The number of aryl methyl sites for hydroxylation is 2. The molecule has 8 heteroatoms. The zero-order chi connectivity index (χ0) is 30.7. The summed E-state index contributed by atoms with van der Waals surface area (Å²) in [5, 5.41) is 10.4. The van der Waals surface area contributed by atoms with Gasteiger partial charge in [0.15, 0.2) is 6.10 Å². The third-order valence-corrected chi connectivity index (χ3v) is 8.40. The highest BCUT2D eigenvalue weighted by Crippen LogP contribution is 2.43. The van der Waals surface area contributed by atoms with Crippen molar-refractivity contribution in [2.45, 2.75) is 85.9 Å². The van der Waals surface area contributed by atoms with Crippen LogP contribution in [0, 0.1) is 25.1 Å². The molecule has 1 aliphatic rings. The van der Waals surface area contributed by atoms with Crippen LogP contribution in [-0.4, -0.2) is 46.3 Å². The number of aromatic nitrogens is 2. The number of anilines is 1. The van der Waals surface area contributed by atoms with Gasteiger partial charge in [0.1, 0.15) is 11.6 Å². The smallest absolute Gasteiger partial charge is 0.337 e. The van der Waals surface area contributed by atoms with Gasteiger partial charge in [-0.15, -0.1) is 0 Å². The highest BCUT2D eigenvalue weighted by molar-refractivity contribution is 5.85. The Balaban J connectivity index is 1.72. The van der Waals surface area contributed by atoms with Crippen LogP contribution >= 0.6 is 0 Å². The molecular weight excluding hydrogens is 533 g/mol. The van der Waals surface area contributed by atoms with Gasteiger partial charge in [0, 0.05) is 42.5 Å². The standard InChI is InChI=1S/C34H44FN3O4/c1-8-34(6,7)42-31(32(39)40)29-23(3)36-20-26(30(29)38-16-14-33(4,5)15-17-38)27-19-22(2)28(21-37-27)41-18-13-24-9-11-25(35)12-10-24/h9-12,19-21,31H,8,13-18H2,1-7H3,(H,39,40). The Labute approximate surface area is 249 Å². The number of rotatable bonds is 11. The van der Waals surface area contributed by atoms with Crippen LogP contribution in [0.25, 0.3) is 11.3 Å². The third kappa shape index (κ3) is 7.46. The van der Waals surface area contributed by atoms with Gasteiger partial charge < -0.3 is 19.5 Å². The number of pyridine rings is 2. The number of benzene rings is 1. The molecule has 0 spiro atoms. The molecule has 2 aromatic heterocycles. The summed E-state index contributed by atoms with van der Waals surface area (Å²) in [4.78, 5) is 24.5. The van der Waals surface area contributed by atoms with Crippen molar-refractivity contribution in [3.05, 3.63) is 70.9 Å². The van der Waals surface area contributed by atoms with Gasteiger partial charge in [-0.1, -0.05) is 32.9 Å². The fraction of sp³-hybridized carbons (Fsp3) is 0.500. The van der Waals surface area contributed by atoms with Crippen LogP contribution in [0.4, 0.5) is 10.1 Å². The average Bonchev–Trinajstić information content (AvgIpc) is 2.94. The van der Waals surface area contributed by atoms with Gasteiger partial charge in [0.25, 0.3) is 0 Å². The number of hydrogen-bond donors (Lipinski definition) is 1. The Kier molecular flexibility index (Phi) is 9.56. The van der Waals surface area contributed by atoms with E-state index in [2.05, 4.69) is 23.7 Å². The van der Waals surface area contributed by atoms with Crippen LogP contribution in [0.5, 0.6) is 5.75 Å². The Morgan fingerprint density at radius 3 is 2.38 bits per heavy atom. The number of carbonyl (C=O) groups is 1. The first kappa shape index (κ1) is 31.4. The predicted molar refractivity (Wildman–Crippen MR) is 164 cm³/mol. The average molecular weight is 578 g/mol. The fourth-order valence-corrected chi connectivity index (χ4v) is 5.19. The highest BCUT2D eigenvalue weighted by Gasteiger charge is 2.36. The van der Waals surface area contributed by atoms with Gasteiger partial charge in [0.2, 0.25) is 0 Å². The van der Waals surface area contributed by atoms with E-state index in [-0.39, 0.29) is 11.2 Å². The van der Waals surface area contributed by atoms with Crippen molar-refractivity contribution in [3.63, 3.8) is 0 Å². The van der Waals surface area contributed by atoms with Crippen LogP contribution < -0.4 is 9.64 Å². The summed E-state index contributed by atoms with van der Waals surface area (Å²) in [7, 11) is 0. The summed E-state index contributed by atoms with van der Waals surface area (Å²) in [5.41, 5.74) is 5.01. The van der Waals surface area contributed by atoms with Crippen LogP contribution in [0.2, 0.25) is 0 Å². The number of ether oxygens (including phenoxy) is 2. The molecule has 1 saturated heterocycles. The van der Waals surface area contributed by atoms with E-state index in [1.165, 1.54) is 12.1 Å². The van der Waals surface area contributed by atoms with Crippen LogP contribution in [0.15, 0.2) is 42.7 Å². The first-order valence-electron chi connectivity index (χ1n) is 14.8. The van der Waals surface area contributed by atoms with Crippen LogP contribution in [0.3, 0.4) is 0 Å². The molecule has 42 heavy (non-hydrogen) atoms. The molecule has 0 amide bonds. The zero-order valence-corrected chi connectivity index (χ0v) is 26.0. The molecule has 0 aliphatic carbocycles. The molecule has 1 fully saturated rings. The molecule has 7 nitrogen and oxygen atoms in total. The summed E-state index contributed by atoms with van der Waals surface area (Å²) < 4.78 is 25.5. The van der Waals surface area contributed by atoms with Gasteiger partial charge in [-0.2, -0.15) is 0 Å². The monoisotopic (exact) mass is 577 g/mol. The summed E-state index contributed by atoms with van der Waals surface area (Å²) >= 11 is 0. The van der Waals surface area contributed by atoms with Crippen LogP contribution in [-0.2, 0) is 16.0 Å². The molecule has 1 unspecified atom stereocenters. The van der Waals surface area contributed by atoms with E-state index >= 15 is 0 Å². The van der Waals surface area contributed by atoms with Gasteiger partial charge in [0.05, 0.1) is 29.8 Å². The van der Waals surface area contributed by atoms with Crippen molar-refractivity contribution in [3.8, 4) is 17.0 Å². The van der Waals surface area contributed by atoms with E-state index in [1.807, 2.05) is 40.7 Å². The van der Waals surface area contributed by atoms with E-state index in [9.17, 15) is 14.3 Å². The molecule has 0 radical (unpaired) electrons. The van der Waals surface area contributed by atoms with Crippen molar-refractivity contribution in [2.24, 2.45) is 5.41 Å². The van der Waals surface area contributed by atoms with Gasteiger partial charge >= 0.3 is 5.97 Å². The molecule has 1 atom stereocenters. The molecule has 3 heterocycles. The molecular formula is C34H44FN3O4. The lowest BCUT2D eigenvalue weighted by Gasteiger charge is -2.41. The maximum atomic E-state index is 13.2. The van der Waals surface area contributed by atoms with Crippen molar-refractivity contribution >= 4 is 11.7 Å². The molecule has 3 aromatic rings. The Bertz CT molecular complexity index is 1390. The molecule has 0 saturated carbocycles. The summed E-state index contributed by atoms with van der Waals surface area (Å²) in [6, 6.07) is 8.38. The summed E-state index contributed by atoms with van der Waals surface area (Å²) in [6.07, 6.45) is 5.62. The zero-order valence-electron chi connectivity index (χ0n) is 26.0. The number of aliphatic carboxylic acids is 1. The second kappa shape index (κ2) is 12.8. The van der Waals surface area contributed by atoms with Gasteiger partial charge in [-0.3, -0.25) is 9.97 Å². The Morgan fingerprint density at radius 1 is 1.12 bits per heavy atom. The first-order valence-corrected chi connectivity index (χ1v) is 14.8. The number of carboxylic acid groups (broad SMARTS) is 1. The second-order valence-electron chi connectivity index (χ2n) is 12.7. The van der Waals surface area contributed by atoms with E-state index in [1.54, 1.807) is 24.5 Å². The molecule has 1 N–H and O–H groups in total. The van der Waals surface area contributed by atoms with Crippen molar-refractivity contribution in [1.82, 2.24) is 9.97 Å². The molecule has 4 rings (SSSR count). The number of hydrogen-bond acceptors (Lipinski definition) is 6. The highest BCUT2D eigenvalue weighted by atomic mass is 19.1. The fourth-order valence-electron chi connectivity index (χ4n) is 5.19. The first-order chi connectivity index (χ1) is 19.8. The van der Waals surface area contributed by atoms with Gasteiger partial charge in [-0.05, 0) is 81.7 Å². The SMILES string of the molecule is CCC(C)(C)OC(C(=O)O)c1c(C)ncc(-c2cc(C)c(OCCc3ccc(F)cc3)cn2)c1N1CCC(C)(C)CC1. The van der Waals surface area contributed by atoms with E-state index in [0.717, 1.165) is 48.3 Å². The topological polar surface area (TPSA) is 84.8 Å². The minimum Gasteiger partial charge on any atom is -0.491 e. The van der Waals surface area contributed by atoms with Crippen LogP contribution in [0.1, 0.15) is 82.4 Å².